The molecule has 1 N–H and O–H groups in total. The molecule has 0 saturated heterocycles. The van der Waals surface area contributed by atoms with Crippen LogP contribution in [0.25, 0.3) is 0 Å². The highest BCUT2D eigenvalue weighted by molar-refractivity contribution is 5.91. The first-order chi connectivity index (χ1) is 11.7. The molecule has 3 aromatic rings. The van der Waals surface area contributed by atoms with Crippen LogP contribution in [-0.4, -0.2) is 5.91 Å². The van der Waals surface area contributed by atoms with Crippen molar-refractivity contribution in [1.82, 2.24) is 5.32 Å². The number of nitrogens with one attached hydrogen (secondary N) is 1. The molecule has 1 amide bonds. The average molecular weight is 321 g/mol. The summed E-state index contributed by atoms with van der Waals surface area (Å²) in [7, 11) is 0. The zero-order valence-corrected chi connectivity index (χ0v) is 13.5. The van der Waals surface area contributed by atoms with Gasteiger partial charge in [-0.3, -0.25) is 4.79 Å². The van der Waals surface area contributed by atoms with E-state index in [1.165, 1.54) is 0 Å². The molecule has 0 spiro atoms. The van der Waals surface area contributed by atoms with Gasteiger partial charge in [0.1, 0.15) is 18.1 Å². The molecule has 1 aromatic heterocycles. The minimum Gasteiger partial charge on any atom is -0.489 e. The van der Waals surface area contributed by atoms with Gasteiger partial charge in [-0.25, -0.2) is 0 Å². The minimum atomic E-state index is -0.220. The maximum Gasteiger partial charge on any atom is 0.287 e. The van der Waals surface area contributed by atoms with E-state index in [0.717, 1.165) is 22.6 Å². The second kappa shape index (κ2) is 7.51. The minimum absolute atomic E-state index is 0.220. The topological polar surface area (TPSA) is 51.5 Å². The van der Waals surface area contributed by atoms with Gasteiger partial charge in [0.25, 0.3) is 5.91 Å². The van der Waals surface area contributed by atoms with Gasteiger partial charge in [0.05, 0.1) is 0 Å². The molecule has 0 fully saturated rings. The molecule has 24 heavy (non-hydrogen) atoms. The van der Waals surface area contributed by atoms with Gasteiger partial charge >= 0.3 is 0 Å². The fourth-order valence-corrected chi connectivity index (χ4v) is 2.37. The van der Waals surface area contributed by atoms with Crippen LogP contribution in [0.3, 0.4) is 0 Å². The van der Waals surface area contributed by atoms with Crippen LogP contribution >= 0.6 is 0 Å². The SMILES string of the molecule is Cc1ccc(C(=O)NCc2ccccc2COc2ccccc2)o1. The molecular formula is C20H19NO3. The van der Waals surface area contributed by atoms with Crippen molar-refractivity contribution >= 4 is 5.91 Å². The van der Waals surface area contributed by atoms with Crippen LogP contribution in [0.4, 0.5) is 0 Å². The molecule has 4 heteroatoms. The van der Waals surface area contributed by atoms with Gasteiger partial charge in [-0.2, -0.15) is 0 Å². The lowest BCUT2D eigenvalue weighted by atomic mass is 10.1. The van der Waals surface area contributed by atoms with Crippen molar-refractivity contribution in [2.45, 2.75) is 20.1 Å². The number of para-hydroxylation sites is 1. The van der Waals surface area contributed by atoms with E-state index in [4.69, 9.17) is 9.15 Å². The summed E-state index contributed by atoms with van der Waals surface area (Å²) in [6.45, 7) is 2.69. The molecule has 0 radical (unpaired) electrons. The molecule has 1 heterocycles. The van der Waals surface area contributed by atoms with Crippen LogP contribution in [0, 0.1) is 6.92 Å². The Morgan fingerprint density at radius 1 is 0.958 bits per heavy atom. The zero-order chi connectivity index (χ0) is 16.8. The number of amides is 1. The number of furan rings is 1. The number of hydrogen-bond acceptors (Lipinski definition) is 3. The lowest BCUT2D eigenvalue weighted by Gasteiger charge is -2.11. The Labute approximate surface area is 141 Å². The highest BCUT2D eigenvalue weighted by atomic mass is 16.5. The van der Waals surface area contributed by atoms with Crippen LogP contribution in [-0.2, 0) is 13.2 Å². The van der Waals surface area contributed by atoms with Gasteiger partial charge < -0.3 is 14.5 Å². The Morgan fingerprint density at radius 3 is 2.38 bits per heavy atom. The molecular weight excluding hydrogens is 302 g/mol. The number of carbonyl (C=O) groups is 1. The lowest BCUT2D eigenvalue weighted by molar-refractivity contribution is 0.0921. The summed E-state index contributed by atoms with van der Waals surface area (Å²) in [5, 5.41) is 2.88. The highest BCUT2D eigenvalue weighted by Gasteiger charge is 2.10. The monoisotopic (exact) mass is 321 g/mol. The summed E-state index contributed by atoms with van der Waals surface area (Å²) in [6.07, 6.45) is 0. The summed E-state index contributed by atoms with van der Waals surface area (Å²) < 4.78 is 11.1. The van der Waals surface area contributed by atoms with E-state index in [1.54, 1.807) is 12.1 Å². The number of aryl methyl sites for hydroxylation is 1. The number of carbonyl (C=O) groups excluding carboxylic acids is 1. The van der Waals surface area contributed by atoms with Crippen LogP contribution in [0.15, 0.2) is 71.1 Å². The Hall–Kier alpha value is -3.01. The number of hydrogen-bond donors (Lipinski definition) is 1. The normalized spacial score (nSPS) is 10.4. The second-order valence-electron chi connectivity index (χ2n) is 5.46. The molecule has 0 aliphatic carbocycles. The third kappa shape index (κ3) is 4.04. The molecule has 0 bridgehead atoms. The Morgan fingerprint density at radius 2 is 1.67 bits per heavy atom. The third-order valence-corrected chi connectivity index (χ3v) is 3.66. The number of benzene rings is 2. The second-order valence-corrected chi connectivity index (χ2v) is 5.46. The molecule has 0 aliphatic rings. The first-order valence-electron chi connectivity index (χ1n) is 7.81. The van der Waals surface area contributed by atoms with Gasteiger partial charge in [0, 0.05) is 6.54 Å². The van der Waals surface area contributed by atoms with Crippen molar-refractivity contribution in [2.24, 2.45) is 0 Å². The van der Waals surface area contributed by atoms with Crippen molar-refractivity contribution in [1.29, 1.82) is 0 Å². The van der Waals surface area contributed by atoms with Crippen molar-refractivity contribution in [3.8, 4) is 5.75 Å². The Kier molecular flexibility index (Phi) is 4.96. The standard InChI is InChI=1S/C20H19NO3/c1-15-11-12-19(24-15)20(22)21-13-16-7-5-6-8-17(16)14-23-18-9-3-2-4-10-18/h2-12H,13-14H2,1H3,(H,21,22). The van der Waals surface area contributed by atoms with Crippen molar-refractivity contribution in [2.75, 3.05) is 0 Å². The van der Waals surface area contributed by atoms with Crippen LogP contribution in [0.5, 0.6) is 5.75 Å². The molecule has 0 unspecified atom stereocenters. The van der Waals surface area contributed by atoms with E-state index in [1.807, 2.05) is 61.5 Å². The molecule has 122 valence electrons. The molecule has 4 nitrogen and oxygen atoms in total. The first kappa shape index (κ1) is 15.9. The van der Waals surface area contributed by atoms with E-state index in [0.29, 0.717) is 18.9 Å². The van der Waals surface area contributed by atoms with Crippen molar-refractivity contribution in [3.63, 3.8) is 0 Å². The maximum atomic E-state index is 12.1. The largest absolute Gasteiger partial charge is 0.489 e. The molecule has 2 aromatic carbocycles. The van der Waals surface area contributed by atoms with Crippen LogP contribution < -0.4 is 10.1 Å². The smallest absolute Gasteiger partial charge is 0.287 e. The van der Waals surface area contributed by atoms with Crippen molar-refractivity contribution < 1.29 is 13.9 Å². The van der Waals surface area contributed by atoms with E-state index >= 15 is 0 Å². The number of ether oxygens (including phenoxy) is 1. The van der Waals surface area contributed by atoms with E-state index in [9.17, 15) is 4.79 Å². The van der Waals surface area contributed by atoms with Gasteiger partial charge in [0.2, 0.25) is 0 Å². The van der Waals surface area contributed by atoms with Gasteiger partial charge in [-0.1, -0.05) is 42.5 Å². The molecule has 0 aliphatic heterocycles. The van der Waals surface area contributed by atoms with Gasteiger partial charge in [0.15, 0.2) is 5.76 Å². The molecule has 0 atom stereocenters. The van der Waals surface area contributed by atoms with E-state index in [2.05, 4.69) is 5.32 Å². The third-order valence-electron chi connectivity index (χ3n) is 3.66. The summed E-state index contributed by atoms with van der Waals surface area (Å²) in [4.78, 5) is 12.1. The van der Waals surface area contributed by atoms with Gasteiger partial charge in [-0.15, -0.1) is 0 Å². The number of rotatable bonds is 6. The average Bonchev–Trinajstić information content (AvgIpc) is 3.06. The molecule has 0 saturated carbocycles. The summed E-state index contributed by atoms with van der Waals surface area (Å²) in [5.74, 6) is 1.65. The fourth-order valence-electron chi connectivity index (χ4n) is 2.37. The van der Waals surface area contributed by atoms with E-state index in [-0.39, 0.29) is 5.91 Å². The fraction of sp³-hybridized carbons (Fsp3) is 0.150. The summed E-state index contributed by atoms with van der Waals surface area (Å²) in [5.41, 5.74) is 2.06. The lowest BCUT2D eigenvalue weighted by Crippen LogP contribution is -2.23. The van der Waals surface area contributed by atoms with E-state index < -0.39 is 0 Å². The van der Waals surface area contributed by atoms with Crippen LogP contribution in [0.1, 0.15) is 27.4 Å². The summed E-state index contributed by atoms with van der Waals surface area (Å²) >= 11 is 0. The van der Waals surface area contributed by atoms with Crippen molar-refractivity contribution in [3.05, 3.63) is 89.4 Å². The maximum absolute atomic E-state index is 12.1. The zero-order valence-electron chi connectivity index (χ0n) is 13.5. The Bertz CT molecular complexity index is 809. The quantitative estimate of drug-likeness (QED) is 0.744. The van der Waals surface area contributed by atoms with Crippen LogP contribution in [0.2, 0.25) is 0 Å². The predicted octanol–water partition coefficient (Wildman–Crippen LogP) is 4.10. The Balaban J connectivity index is 1.62. The highest BCUT2D eigenvalue weighted by Crippen LogP contribution is 2.15. The first-order valence-corrected chi connectivity index (χ1v) is 7.81. The summed E-state index contributed by atoms with van der Waals surface area (Å²) in [6, 6.07) is 21.0. The molecule has 3 rings (SSSR count). The predicted molar refractivity (Wildman–Crippen MR) is 91.8 cm³/mol. The van der Waals surface area contributed by atoms with Gasteiger partial charge in [-0.05, 0) is 42.3 Å².